The van der Waals surface area contributed by atoms with Crippen molar-refractivity contribution >= 4 is 23.3 Å². The number of nitrogens with two attached hydrogens (primary N) is 1. The molecular formula is C35H62N4O3. The molecule has 0 aliphatic heterocycles. The average Bonchev–Trinajstić information content (AvgIpc) is 3.74. The van der Waals surface area contributed by atoms with Crippen molar-refractivity contribution in [2.24, 2.45) is 22.1 Å². The summed E-state index contributed by atoms with van der Waals surface area (Å²) in [6, 6.07) is 2.10. The predicted molar refractivity (Wildman–Crippen MR) is 180 cm³/mol. The minimum Gasteiger partial charge on any atom is -0.477 e. The number of hydrogen-bond donors (Lipinski definition) is 2. The zero-order valence-electron chi connectivity index (χ0n) is 28.6. The second-order valence-corrected chi connectivity index (χ2v) is 11.8. The molecule has 7 nitrogen and oxygen atoms in total. The molecule has 0 bridgehead atoms. The zero-order valence-corrected chi connectivity index (χ0v) is 28.6. The number of carboxylic acid groups (broad SMARTS) is 1. The van der Waals surface area contributed by atoms with Gasteiger partial charge in [-0.3, -0.25) is 9.79 Å². The molecule has 2 aliphatic rings. The van der Waals surface area contributed by atoms with Gasteiger partial charge < -0.3 is 15.7 Å². The van der Waals surface area contributed by atoms with Crippen LogP contribution in [0.25, 0.3) is 0 Å². The van der Waals surface area contributed by atoms with E-state index in [-0.39, 0.29) is 23.9 Å². The molecule has 42 heavy (non-hydrogen) atoms. The SMILES string of the molecule is CC.CCC(C)C(=O)CN=C1CCCC/C1=C(/N)C(=O)O.CCCC.CCCN(CC1(C)CC1)c1nccc(C)c1C. The maximum Gasteiger partial charge on any atom is 0.352 e. The van der Waals surface area contributed by atoms with E-state index in [2.05, 4.69) is 62.5 Å². The van der Waals surface area contributed by atoms with Gasteiger partial charge in [-0.25, -0.2) is 9.78 Å². The number of aryl methyl sites for hydroxylation is 1. The number of nitrogens with zero attached hydrogens (tertiary/aromatic N) is 3. The van der Waals surface area contributed by atoms with Crippen LogP contribution >= 0.6 is 0 Å². The standard InChI is InChI=1S/C15H24N2.C14H22N2O3.C4H10.C2H6/c1-5-10-17(11-15(4)7-8-15)14-13(3)12(2)6-9-16-14;1-3-9(2)12(17)8-16-11-7-5-4-6-10(11)13(15)14(18)19;1-3-4-2;1-2/h6,9H,5,7-8,10-11H2,1-4H3;9H,3-8,15H2,1-2H3,(H,18,19);3-4H2,1-2H3;1-2H3/b;13-10-,16-11?;;. The Balaban J connectivity index is 0.000000677. The summed E-state index contributed by atoms with van der Waals surface area (Å²) < 4.78 is 0. The average molecular weight is 587 g/mol. The summed E-state index contributed by atoms with van der Waals surface area (Å²) in [5.74, 6) is 0.170. The highest BCUT2D eigenvalue weighted by Crippen LogP contribution is 2.46. The summed E-state index contributed by atoms with van der Waals surface area (Å²) in [6.07, 6.45) is 12.5. The first-order valence-electron chi connectivity index (χ1n) is 16.4. The van der Waals surface area contributed by atoms with E-state index >= 15 is 0 Å². The summed E-state index contributed by atoms with van der Waals surface area (Å²) in [4.78, 5) is 34.1. The van der Waals surface area contributed by atoms with Crippen LogP contribution in [0.3, 0.4) is 0 Å². The predicted octanol–water partition coefficient (Wildman–Crippen LogP) is 8.46. The van der Waals surface area contributed by atoms with E-state index in [4.69, 9.17) is 10.8 Å². The number of carboxylic acids is 1. The van der Waals surface area contributed by atoms with E-state index in [9.17, 15) is 9.59 Å². The van der Waals surface area contributed by atoms with Crippen LogP contribution < -0.4 is 10.6 Å². The number of carbonyl (C=O) groups excluding carboxylic acids is 1. The molecule has 1 aromatic heterocycles. The minimum atomic E-state index is -1.11. The molecule has 2 aliphatic carbocycles. The second kappa shape index (κ2) is 21.1. The number of aliphatic imine (C=N–C) groups is 1. The number of aromatic nitrogens is 1. The normalized spacial score (nSPS) is 17.7. The molecule has 2 fully saturated rings. The van der Waals surface area contributed by atoms with Gasteiger partial charge in [-0.1, -0.05) is 68.2 Å². The van der Waals surface area contributed by atoms with Crippen molar-refractivity contribution in [3.8, 4) is 0 Å². The molecule has 1 aromatic rings. The van der Waals surface area contributed by atoms with Gasteiger partial charge in [0, 0.05) is 36.5 Å². The molecule has 1 heterocycles. The molecule has 0 amide bonds. The summed E-state index contributed by atoms with van der Waals surface area (Å²) in [5, 5.41) is 8.95. The van der Waals surface area contributed by atoms with Crippen molar-refractivity contribution in [3.05, 3.63) is 34.7 Å². The molecule has 3 N–H and O–H groups in total. The highest BCUT2D eigenvalue weighted by molar-refractivity contribution is 6.07. The van der Waals surface area contributed by atoms with Gasteiger partial charge in [0.05, 0.1) is 6.54 Å². The molecule has 2 saturated carbocycles. The Morgan fingerprint density at radius 1 is 1.07 bits per heavy atom. The Morgan fingerprint density at radius 2 is 1.67 bits per heavy atom. The first-order chi connectivity index (χ1) is 19.9. The molecule has 0 spiro atoms. The smallest absolute Gasteiger partial charge is 0.352 e. The number of carbonyl (C=O) groups is 2. The van der Waals surface area contributed by atoms with Crippen molar-refractivity contribution in [3.63, 3.8) is 0 Å². The summed E-state index contributed by atoms with van der Waals surface area (Å²) in [6.45, 7) is 23.6. The number of aliphatic carboxylic acids is 1. The minimum absolute atomic E-state index is 0.00260. The van der Waals surface area contributed by atoms with Crippen LogP contribution in [0.4, 0.5) is 5.82 Å². The number of Topliss-reactive ketones (excluding diaryl/α,β-unsaturated/α-hetero) is 1. The number of rotatable bonds is 11. The Morgan fingerprint density at radius 3 is 2.17 bits per heavy atom. The lowest BCUT2D eigenvalue weighted by molar-refractivity contribution is -0.132. The van der Waals surface area contributed by atoms with E-state index in [1.807, 2.05) is 33.9 Å². The first-order valence-corrected chi connectivity index (χ1v) is 16.4. The maximum absolute atomic E-state index is 11.8. The van der Waals surface area contributed by atoms with Gasteiger partial charge in [0.2, 0.25) is 0 Å². The van der Waals surface area contributed by atoms with Crippen LogP contribution in [0.1, 0.15) is 131 Å². The van der Waals surface area contributed by atoms with Gasteiger partial charge in [-0.05, 0) is 87.8 Å². The number of unbranched alkanes of at least 4 members (excludes halogenated alkanes) is 1. The third-order valence-corrected chi connectivity index (χ3v) is 8.00. The Bertz CT molecular complexity index is 1010. The highest BCUT2D eigenvalue weighted by Gasteiger charge is 2.39. The Kier molecular flexibility index (Phi) is 19.7. The third-order valence-electron chi connectivity index (χ3n) is 8.00. The molecule has 7 heteroatoms. The van der Waals surface area contributed by atoms with Crippen LogP contribution in [-0.4, -0.2) is 47.2 Å². The van der Waals surface area contributed by atoms with Crippen LogP contribution in [0.5, 0.6) is 0 Å². The van der Waals surface area contributed by atoms with Gasteiger partial charge >= 0.3 is 5.97 Å². The van der Waals surface area contributed by atoms with E-state index in [0.717, 1.165) is 32.4 Å². The molecule has 1 atom stereocenters. The third kappa shape index (κ3) is 14.0. The van der Waals surface area contributed by atoms with Crippen LogP contribution in [0, 0.1) is 25.2 Å². The topological polar surface area (TPSA) is 109 Å². The van der Waals surface area contributed by atoms with Crippen molar-refractivity contribution < 1.29 is 14.7 Å². The Labute approximate surface area is 257 Å². The molecule has 1 unspecified atom stereocenters. The fourth-order valence-electron chi connectivity index (χ4n) is 4.34. The number of pyridine rings is 1. The lowest BCUT2D eigenvalue weighted by Gasteiger charge is -2.28. The lowest BCUT2D eigenvalue weighted by Crippen LogP contribution is -2.31. The molecule has 3 rings (SSSR count). The Hall–Kier alpha value is -2.70. The fourth-order valence-corrected chi connectivity index (χ4v) is 4.34. The van der Waals surface area contributed by atoms with Crippen LogP contribution in [0.15, 0.2) is 28.5 Å². The number of hydrogen-bond acceptors (Lipinski definition) is 6. The fraction of sp³-hybridized carbons (Fsp3) is 0.714. The van der Waals surface area contributed by atoms with Crippen molar-refractivity contribution in [1.29, 1.82) is 0 Å². The summed E-state index contributed by atoms with van der Waals surface area (Å²) in [7, 11) is 0. The van der Waals surface area contributed by atoms with E-state index in [0.29, 0.717) is 29.5 Å². The number of allylic oxidation sites excluding steroid dienone is 1. The van der Waals surface area contributed by atoms with Gasteiger partial charge in [0.25, 0.3) is 0 Å². The van der Waals surface area contributed by atoms with Gasteiger partial charge in [0.1, 0.15) is 11.5 Å². The zero-order chi connectivity index (χ0) is 32.3. The maximum atomic E-state index is 11.8. The molecule has 0 radical (unpaired) electrons. The largest absolute Gasteiger partial charge is 0.477 e. The van der Waals surface area contributed by atoms with Crippen molar-refractivity contribution in [1.82, 2.24) is 4.98 Å². The lowest BCUT2D eigenvalue weighted by atomic mass is 9.91. The van der Waals surface area contributed by atoms with E-state index in [1.54, 1.807) is 0 Å². The van der Waals surface area contributed by atoms with Gasteiger partial charge in [-0.15, -0.1) is 0 Å². The monoisotopic (exact) mass is 586 g/mol. The van der Waals surface area contributed by atoms with Gasteiger partial charge in [0.15, 0.2) is 5.78 Å². The van der Waals surface area contributed by atoms with Crippen molar-refractivity contribution in [2.75, 3.05) is 24.5 Å². The quantitative estimate of drug-likeness (QED) is 0.252. The van der Waals surface area contributed by atoms with E-state index < -0.39 is 5.97 Å². The summed E-state index contributed by atoms with van der Waals surface area (Å²) in [5.41, 5.74) is 9.99. The van der Waals surface area contributed by atoms with E-state index in [1.165, 1.54) is 49.0 Å². The molecular weight excluding hydrogens is 524 g/mol. The molecule has 240 valence electrons. The molecule has 0 aromatic carbocycles. The number of anilines is 1. The van der Waals surface area contributed by atoms with Crippen LogP contribution in [0.2, 0.25) is 0 Å². The number of ketones is 1. The molecule has 0 saturated heterocycles. The van der Waals surface area contributed by atoms with Gasteiger partial charge in [-0.2, -0.15) is 0 Å². The van der Waals surface area contributed by atoms with Crippen LogP contribution in [-0.2, 0) is 9.59 Å². The summed E-state index contributed by atoms with van der Waals surface area (Å²) >= 11 is 0. The second-order valence-electron chi connectivity index (χ2n) is 11.8. The van der Waals surface area contributed by atoms with Crippen molar-refractivity contribution in [2.45, 2.75) is 133 Å². The first kappa shape index (κ1) is 39.3. The highest BCUT2D eigenvalue weighted by atomic mass is 16.4.